The Bertz CT molecular complexity index is 391. The summed E-state index contributed by atoms with van der Waals surface area (Å²) in [6.07, 6.45) is 0.769. The van der Waals surface area contributed by atoms with Crippen LogP contribution in [0, 0.1) is 0 Å². The monoisotopic (exact) mass is 293 g/mol. The molecular formula is C13H18F3NO3. The first kappa shape index (κ1) is 16.5. The first-order valence-electron chi connectivity index (χ1n) is 6.56. The molecule has 1 aliphatic carbocycles. The molecular weight excluding hydrogens is 275 g/mol. The van der Waals surface area contributed by atoms with Gasteiger partial charge in [-0.1, -0.05) is 11.6 Å². The molecule has 0 saturated carbocycles. The maximum Gasteiger partial charge on any atom is 0.471 e. The Balaban J connectivity index is 2.59. The molecule has 0 saturated heterocycles. The predicted molar refractivity (Wildman–Crippen MR) is 66.1 cm³/mol. The zero-order valence-electron chi connectivity index (χ0n) is 11.1. The van der Waals surface area contributed by atoms with E-state index in [1.54, 1.807) is 0 Å². The third kappa shape index (κ3) is 5.63. The van der Waals surface area contributed by atoms with Crippen LogP contribution in [0.3, 0.4) is 0 Å². The van der Waals surface area contributed by atoms with Crippen molar-refractivity contribution in [2.45, 2.75) is 44.7 Å². The zero-order valence-corrected chi connectivity index (χ0v) is 11.1. The minimum atomic E-state index is -4.96. The van der Waals surface area contributed by atoms with E-state index in [1.165, 1.54) is 0 Å². The first-order valence-corrected chi connectivity index (χ1v) is 6.56. The van der Waals surface area contributed by atoms with Crippen molar-refractivity contribution < 1.29 is 27.9 Å². The highest BCUT2D eigenvalue weighted by Crippen LogP contribution is 2.23. The topological polar surface area (TPSA) is 57.6 Å². The van der Waals surface area contributed by atoms with Gasteiger partial charge in [0.15, 0.2) is 0 Å². The molecule has 0 spiro atoms. The van der Waals surface area contributed by atoms with Crippen molar-refractivity contribution in [3.63, 3.8) is 0 Å². The number of carbonyl (C=O) groups is 2. The molecule has 4 nitrogen and oxygen atoms in total. The maximum absolute atomic E-state index is 12.4. The number of hydrogen-bond acceptors (Lipinski definition) is 2. The summed E-state index contributed by atoms with van der Waals surface area (Å²) < 4.78 is 37.3. The Kier molecular flexibility index (Phi) is 6.04. The van der Waals surface area contributed by atoms with Crippen molar-refractivity contribution in [3.8, 4) is 0 Å². The van der Waals surface area contributed by atoms with Gasteiger partial charge in [-0.25, -0.2) is 0 Å². The number of carboxylic acids is 1. The van der Waals surface area contributed by atoms with Crippen molar-refractivity contribution in [3.05, 3.63) is 11.6 Å². The van der Waals surface area contributed by atoms with Gasteiger partial charge in [0.05, 0.1) is 6.42 Å². The SMILES string of the molecule is O=C(O)CCN(CCC1=CCCCC1)C(=O)C(F)(F)F. The van der Waals surface area contributed by atoms with Crippen molar-refractivity contribution in [2.75, 3.05) is 13.1 Å². The molecule has 1 N–H and O–H groups in total. The quantitative estimate of drug-likeness (QED) is 0.766. The highest BCUT2D eigenvalue weighted by atomic mass is 19.4. The molecule has 1 amide bonds. The average Bonchev–Trinajstić information content (AvgIpc) is 2.38. The summed E-state index contributed by atoms with van der Waals surface area (Å²) in [4.78, 5) is 22.3. The smallest absolute Gasteiger partial charge is 0.471 e. The molecule has 0 aromatic rings. The Morgan fingerprint density at radius 3 is 2.45 bits per heavy atom. The van der Waals surface area contributed by atoms with Gasteiger partial charge in [0.25, 0.3) is 0 Å². The van der Waals surface area contributed by atoms with Gasteiger partial charge in [-0.15, -0.1) is 0 Å². The lowest BCUT2D eigenvalue weighted by molar-refractivity contribution is -0.185. The van der Waals surface area contributed by atoms with Crippen molar-refractivity contribution in [1.82, 2.24) is 4.90 Å². The van der Waals surface area contributed by atoms with E-state index in [0.717, 1.165) is 31.3 Å². The molecule has 7 heteroatoms. The van der Waals surface area contributed by atoms with Crippen LogP contribution in [0.1, 0.15) is 38.5 Å². The number of amides is 1. The second-order valence-corrected chi connectivity index (χ2v) is 4.79. The van der Waals surface area contributed by atoms with Crippen molar-refractivity contribution in [2.24, 2.45) is 0 Å². The van der Waals surface area contributed by atoms with Crippen LogP contribution in [0.4, 0.5) is 13.2 Å². The van der Waals surface area contributed by atoms with Crippen LogP contribution >= 0.6 is 0 Å². The number of allylic oxidation sites excluding steroid dienone is 1. The summed E-state index contributed by atoms with van der Waals surface area (Å²) in [7, 11) is 0. The van der Waals surface area contributed by atoms with E-state index in [0.29, 0.717) is 11.3 Å². The van der Waals surface area contributed by atoms with E-state index in [1.807, 2.05) is 6.08 Å². The lowest BCUT2D eigenvalue weighted by atomic mass is 9.97. The second-order valence-electron chi connectivity index (χ2n) is 4.79. The third-order valence-corrected chi connectivity index (χ3v) is 3.21. The van der Waals surface area contributed by atoms with Gasteiger partial charge in [-0.05, 0) is 32.1 Å². The van der Waals surface area contributed by atoms with E-state index in [2.05, 4.69) is 0 Å². The Labute approximate surface area is 115 Å². The molecule has 0 heterocycles. The standard InChI is InChI=1S/C13H18F3NO3/c14-13(15,16)12(20)17(9-7-11(18)19)8-6-10-4-2-1-3-5-10/h4H,1-3,5-9H2,(H,18,19). The van der Waals surface area contributed by atoms with E-state index in [9.17, 15) is 22.8 Å². The highest BCUT2D eigenvalue weighted by Gasteiger charge is 2.42. The molecule has 0 atom stereocenters. The summed E-state index contributed by atoms with van der Waals surface area (Å²) in [6, 6.07) is 0. The molecule has 0 radical (unpaired) electrons. The fourth-order valence-corrected chi connectivity index (χ4v) is 2.14. The number of rotatable bonds is 6. The van der Waals surface area contributed by atoms with Crippen LogP contribution < -0.4 is 0 Å². The molecule has 1 rings (SSSR count). The van der Waals surface area contributed by atoms with Gasteiger partial charge in [-0.3, -0.25) is 9.59 Å². The largest absolute Gasteiger partial charge is 0.481 e. The van der Waals surface area contributed by atoms with E-state index < -0.39 is 31.0 Å². The minimum absolute atomic E-state index is 0.0859. The normalized spacial score (nSPS) is 15.7. The van der Waals surface area contributed by atoms with Gasteiger partial charge in [0.2, 0.25) is 0 Å². The fraction of sp³-hybridized carbons (Fsp3) is 0.692. The molecule has 0 aromatic heterocycles. The van der Waals surface area contributed by atoms with Crippen LogP contribution in [0.25, 0.3) is 0 Å². The molecule has 0 aromatic carbocycles. The van der Waals surface area contributed by atoms with Gasteiger partial charge in [-0.2, -0.15) is 13.2 Å². The van der Waals surface area contributed by atoms with Gasteiger partial charge in [0, 0.05) is 13.1 Å². The third-order valence-electron chi connectivity index (χ3n) is 3.21. The van der Waals surface area contributed by atoms with Crippen LogP contribution in [0.5, 0.6) is 0 Å². The number of carbonyl (C=O) groups excluding carboxylic acids is 1. The summed E-state index contributed by atoms with van der Waals surface area (Å²) in [5, 5.41) is 8.53. The Hall–Kier alpha value is -1.53. The maximum atomic E-state index is 12.4. The van der Waals surface area contributed by atoms with E-state index in [4.69, 9.17) is 5.11 Å². The summed E-state index contributed by atoms with van der Waals surface area (Å²) >= 11 is 0. The Morgan fingerprint density at radius 2 is 1.95 bits per heavy atom. The molecule has 0 unspecified atom stereocenters. The molecule has 0 aliphatic heterocycles. The summed E-state index contributed by atoms with van der Waals surface area (Å²) in [6.45, 7) is -0.502. The molecule has 20 heavy (non-hydrogen) atoms. The molecule has 1 aliphatic rings. The highest BCUT2D eigenvalue weighted by molar-refractivity contribution is 5.82. The number of hydrogen-bond donors (Lipinski definition) is 1. The average molecular weight is 293 g/mol. The molecule has 0 bridgehead atoms. The molecule has 0 fully saturated rings. The molecule has 114 valence electrons. The summed E-state index contributed by atoms with van der Waals surface area (Å²) in [5.74, 6) is -3.18. The minimum Gasteiger partial charge on any atom is -0.481 e. The second kappa shape index (κ2) is 7.31. The Morgan fingerprint density at radius 1 is 1.25 bits per heavy atom. The van der Waals surface area contributed by atoms with Gasteiger partial charge in [0.1, 0.15) is 0 Å². The van der Waals surface area contributed by atoms with Crippen LogP contribution in [-0.4, -0.2) is 41.1 Å². The number of nitrogens with zero attached hydrogens (tertiary/aromatic N) is 1. The van der Waals surface area contributed by atoms with Gasteiger partial charge < -0.3 is 10.0 Å². The lowest BCUT2D eigenvalue weighted by Gasteiger charge is -2.24. The first-order chi connectivity index (χ1) is 9.30. The van der Waals surface area contributed by atoms with Crippen molar-refractivity contribution >= 4 is 11.9 Å². The van der Waals surface area contributed by atoms with Crippen LogP contribution in [0.2, 0.25) is 0 Å². The predicted octanol–water partition coefficient (Wildman–Crippen LogP) is 2.74. The summed E-state index contributed by atoms with van der Waals surface area (Å²) in [5.41, 5.74) is 1.05. The van der Waals surface area contributed by atoms with E-state index in [-0.39, 0.29) is 6.54 Å². The van der Waals surface area contributed by atoms with Gasteiger partial charge >= 0.3 is 18.1 Å². The van der Waals surface area contributed by atoms with E-state index >= 15 is 0 Å². The van der Waals surface area contributed by atoms with Crippen LogP contribution in [0.15, 0.2) is 11.6 Å². The lowest BCUT2D eigenvalue weighted by Crippen LogP contribution is -2.42. The number of halogens is 3. The number of alkyl halides is 3. The fourth-order valence-electron chi connectivity index (χ4n) is 2.14. The van der Waals surface area contributed by atoms with Crippen molar-refractivity contribution in [1.29, 1.82) is 0 Å². The zero-order chi connectivity index (χ0) is 15.2. The van der Waals surface area contributed by atoms with Crippen LogP contribution in [-0.2, 0) is 9.59 Å². The number of aliphatic carboxylic acids is 1. The number of carboxylic acid groups (broad SMARTS) is 1.